The molecule has 0 aliphatic carbocycles. The van der Waals surface area contributed by atoms with E-state index in [4.69, 9.17) is 4.42 Å². The number of aromatic nitrogens is 2. The number of furan rings is 1. The van der Waals surface area contributed by atoms with Gasteiger partial charge in [-0.3, -0.25) is 4.90 Å². The third kappa shape index (κ3) is 4.31. The van der Waals surface area contributed by atoms with E-state index in [9.17, 15) is 0 Å². The van der Waals surface area contributed by atoms with Gasteiger partial charge in [0, 0.05) is 47.2 Å². The van der Waals surface area contributed by atoms with Crippen molar-refractivity contribution in [3.8, 4) is 0 Å². The molecule has 140 valence electrons. The lowest BCUT2D eigenvalue weighted by Gasteiger charge is -2.21. The number of aryl methyl sites for hydroxylation is 3. The van der Waals surface area contributed by atoms with Crippen LogP contribution in [-0.2, 0) is 19.6 Å². The normalized spacial score (nSPS) is 11.7. The summed E-state index contributed by atoms with van der Waals surface area (Å²) < 4.78 is 8.31. The number of thiophene rings is 1. The molecule has 5 heteroatoms. The van der Waals surface area contributed by atoms with Gasteiger partial charge in [0.1, 0.15) is 11.3 Å². The Kier molecular flexibility index (Phi) is 5.41. The molecule has 0 fully saturated rings. The Morgan fingerprint density at radius 3 is 2.74 bits per heavy atom. The van der Waals surface area contributed by atoms with Gasteiger partial charge in [0.2, 0.25) is 0 Å². The quantitative estimate of drug-likeness (QED) is 0.411. The molecule has 0 radical (unpaired) electrons. The van der Waals surface area contributed by atoms with Gasteiger partial charge in [-0.05, 0) is 44.0 Å². The van der Waals surface area contributed by atoms with Crippen molar-refractivity contribution >= 4 is 22.3 Å². The van der Waals surface area contributed by atoms with Crippen LogP contribution in [0.3, 0.4) is 0 Å². The molecule has 0 saturated heterocycles. The highest BCUT2D eigenvalue weighted by Gasteiger charge is 2.15. The lowest BCUT2D eigenvalue weighted by atomic mass is 10.1. The largest absolute Gasteiger partial charge is 0.459 e. The molecule has 0 spiro atoms. The van der Waals surface area contributed by atoms with Crippen molar-refractivity contribution in [3.05, 3.63) is 76.2 Å². The maximum atomic E-state index is 6.17. The summed E-state index contributed by atoms with van der Waals surface area (Å²) in [4.78, 5) is 9.39. The summed E-state index contributed by atoms with van der Waals surface area (Å²) >= 11 is 1.88. The molecule has 0 bridgehead atoms. The van der Waals surface area contributed by atoms with Crippen molar-refractivity contribution in [1.29, 1.82) is 0 Å². The van der Waals surface area contributed by atoms with Crippen LogP contribution in [-0.4, -0.2) is 21.0 Å². The molecule has 3 heterocycles. The number of hydrogen-bond donors (Lipinski definition) is 0. The number of hydrogen-bond acceptors (Lipinski definition) is 4. The van der Waals surface area contributed by atoms with Gasteiger partial charge < -0.3 is 8.98 Å². The third-order valence-electron chi connectivity index (χ3n) is 4.94. The summed E-state index contributed by atoms with van der Waals surface area (Å²) in [5, 5.41) is 1.22. The Bertz CT molecular complexity index is 1000. The average Bonchev–Trinajstić information content (AvgIpc) is 3.38. The van der Waals surface area contributed by atoms with Crippen LogP contribution < -0.4 is 0 Å². The summed E-state index contributed by atoms with van der Waals surface area (Å²) in [6.07, 6.45) is 6.83. The Balaban J connectivity index is 1.49. The van der Waals surface area contributed by atoms with Crippen molar-refractivity contribution in [2.24, 2.45) is 0 Å². The fraction of sp³-hybridized carbons (Fsp3) is 0.318. The van der Waals surface area contributed by atoms with E-state index < -0.39 is 0 Å². The first-order valence-electron chi connectivity index (χ1n) is 9.39. The molecule has 3 aromatic heterocycles. The van der Waals surface area contributed by atoms with E-state index >= 15 is 0 Å². The minimum absolute atomic E-state index is 0.835. The van der Waals surface area contributed by atoms with E-state index in [-0.39, 0.29) is 0 Å². The van der Waals surface area contributed by atoms with Gasteiger partial charge in [0.05, 0.1) is 12.9 Å². The van der Waals surface area contributed by atoms with Crippen LogP contribution in [0.2, 0.25) is 0 Å². The first-order chi connectivity index (χ1) is 13.2. The first kappa shape index (κ1) is 18.0. The lowest BCUT2D eigenvalue weighted by Crippen LogP contribution is -2.24. The maximum Gasteiger partial charge on any atom is 0.134 e. The average molecular weight is 380 g/mol. The monoisotopic (exact) mass is 379 g/mol. The number of rotatable bonds is 8. The van der Waals surface area contributed by atoms with Gasteiger partial charge in [-0.15, -0.1) is 11.3 Å². The van der Waals surface area contributed by atoms with Crippen molar-refractivity contribution in [2.75, 3.05) is 6.54 Å². The van der Waals surface area contributed by atoms with Crippen molar-refractivity contribution in [2.45, 2.75) is 39.9 Å². The molecule has 1 aromatic carbocycles. The predicted octanol–water partition coefficient (Wildman–Crippen LogP) is 5.40. The minimum atomic E-state index is 0.835. The molecular weight excluding hydrogens is 354 g/mol. The highest BCUT2D eigenvalue weighted by Crippen LogP contribution is 2.27. The van der Waals surface area contributed by atoms with Crippen LogP contribution in [0.25, 0.3) is 11.0 Å². The molecule has 4 rings (SSSR count). The summed E-state index contributed by atoms with van der Waals surface area (Å²) in [6.45, 7) is 8.13. The Hall–Kier alpha value is -2.37. The fourth-order valence-corrected chi connectivity index (χ4v) is 4.41. The Morgan fingerprint density at radius 2 is 2.00 bits per heavy atom. The smallest absolute Gasteiger partial charge is 0.134 e. The Morgan fingerprint density at radius 1 is 1.11 bits per heavy atom. The highest BCUT2D eigenvalue weighted by atomic mass is 32.1. The molecule has 0 saturated carbocycles. The topological polar surface area (TPSA) is 34.2 Å². The van der Waals surface area contributed by atoms with Crippen molar-refractivity contribution < 1.29 is 4.42 Å². The zero-order valence-electron chi connectivity index (χ0n) is 15.9. The van der Waals surface area contributed by atoms with Gasteiger partial charge in [-0.1, -0.05) is 18.2 Å². The van der Waals surface area contributed by atoms with Crippen LogP contribution in [0.4, 0.5) is 0 Å². The summed E-state index contributed by atoms with van der Waals surface area (Å²) in [7, 11) is 0. The molecule has 0 aliphatic rings. The molecular formula is C22H25N3OS. The molecule has 4 nitrogen and oxygen atoms in total. The molecule has 27 heavy (non-hydrogen) atoms. The van der Waals surface area contributed by atoms with E-state index in [1.165, 1.54) is 20.7 Å². The molecule has 0 unspecified atom stereocenters. The minimum Gasteiger partial charge on any atom is -0.459 e. The molecule has 4 aromatic rings. The molecule has 0 N–H and O–H groups in total. The Labute approximate surface area is 164 Å². The molecule has 0 amide bonds. The van der Waals surface area contributed by atoms with Crippen molar-refractivity contribution in [3.63, 3.8) is 0 Å². The van der Waals surface area contributed by atoms with Crippen LogP contribution in [0.15, 0.2) is 59.5 Å². The predicted molar refractivity (Wildman–Crippen MR) is 111 cm³/mol. The summed E-state index contributed by atoms with van der Waals surface area (Å²) in [5.74, 6) is 1.08. The standard InChI is InChI=1S/C22H25N3OS/c1-17-8-9-19(27-17)14-25(12-5-11-24-13-10-23-16-24)15-22-18(2)20-6-3-4-7-21(20)26-22/h3-4,6-10,13,16H,5,11-12,14-15H2,1-2H3. The van der Waals surface area contributed by atoms with Gasteiger partial charge >= 0.3 is 0 Å². The van der Waals surface area contributed by atoms with E-state index in [1.54, 1.807) is 0 Å². The number of nitrogens with zero attached hydrogens (tertiary/aromatic N) is 3. The first-order valence-corrected chi connectivity index (χ1v) is 10.2. The van der Waals surface area contributed by atoms with Gasteiger partial charge in [-0.25, -0.2) is 4.98 Å². The van der Waals surface area contributed by atoms with E-state index in [0.29, 0.717) is 0 Å². The van der Waals surface area contributed by atoms with E-state index in [0.717, 1.165) is 43.9 Å². The number of para-hydroxylation sites is 1. The van der Waals surface area contributed by atoms with Crippen molar-refractivity contribution in [1.82, 2.24) is 14.5 Å². The maximum absolute atomic E-state index is 6.17. The zero-order valence-corrected chi connectivity index (χ0v) is 16.7. The highest BCUT2D eigenvalue weighted by molar-refractivity contribution is 7.11. The van der Waals surface area contributed by atoms with E-state index in [2.05, 4.69) is 58.6 Å². The van der Waals surface area contributed by atoms with Gasteiger partial charge in [0.25, 0.3) is 0 Å². The zero-order chi connectivity index (χ0) is 18.6. The van der Waals surface area contributed by atoms with Crippen LogP contribution in [0, 0.1) is 13.8 Å². The second-order valence-corrected chi connectivity index (χ2v) is 8.40. The van der Waals surface area contributed by atoms with E-state index in [1.807, 2.05) is 36.1 Å². The summed E-state index contributed by atoms with van der Waals surface area (Å²) in [5.41, 5.74) is 2.24. The summed E-state index contributed by atoms with van der Waals surface area (Å²) in [6, 6.07) is 12.8. The second-order valence-electron chi connectivity index (χ2n) is 7.02. The number of benzene rings is 1. The second kappa shape index (κ2) is 8.11. The molecule has 0 aliphatic heterocycles. The van der Waals surface area contributed by atoms with Crippen LogP contribution >= 0.6 is 11.3 Å². The third-order valence-corrected chi connectivity index (χ3v) is 5.92. The van der Waals surface area contributed by atoms with Gasteiger partial charge in [0.15, 0.2) is 0 Å². The van der Waals surface area contributed by atoms with Crippen LogP contribution in [0.1, 0.15) is 27.5 Å². The van der Waals surface area contributed by atoms with Crippen LogP contribution in [0.5, 0.6) is 0 Å². The van der Waals surface area contributed by atoms with Gasteiger partial charge in [-0.2, -0.15) is 0 Å². The molecule has 0 atom stereocenters. The number of imidazole rings is 1. The lowest BCUT2D eigenvalue weighted by molar-refractivity contribution is 0.232. The number of fused-ring (bicyclic) bond motifs is 1. The fourth-order valence-electron chi connectivity index (χ4n) is 3.48. The SMILES string of the molecule is Cc1ccc(CN(CCCn2ccnc2)Cc2oc3ccccc3c2C)s1.